The van der Waals surface area contributed by atoms with Crippen LogP contribution in [0.5, 0.6) is 5.75 Å². The SMILES string of the molecule is CCn1cc(C(=O)OCc2ccc(OC)cc2)c(=S)c2ccccc21. The van der Waals surface area contributed by atoms with Crippen molar-refractivity contribution in [3.05, 3.63) is 70.4 Å². The quantitative estimate of drug-likeness (QED) is 0.490. The van der Waals surface area contributed by atoms with Crippen molar-refractivity contribution < 1.29 is 14.3 Å². The van der Waals surface area contributed by atoms with Gasteiger partial charge in [-0.25, -0.2) is 4.79 Å². The van der Waals surface area contributed by atoms with E-state index in [4.69, 9.17) is 21.7 Å². The Balaban J connectivity index is 1.86. The minimum atomic E-state index is -0.409. The van der Waals surface area contributed by atoms with Gasteiger partial charge in [-0.3, -0.25) is 0 Å². The smallest absolute Gasteiger partial charge is 0.341 e. The largest absolute Gasteiger partial charge is 0.497 e. The van der Waals surface area contributed by atoms with Crippen LogP contribution >= 0.6 is 12.2 Å². The molecule has 1 aromatic heterocycles. The van der Waals surface area contributed by atoms with Crippen LogP contribution in [0.25, 0.3) is 10.9 Å². The fourth-order valence-electron chi connectivity index (χ4n) is 2.70. The molecule has 25 heavy (non-hydrogen) atoms. The van der Waals surface area contributed by atoms with Gasteiger partial charge >= 0.3 is 5.97 Å². The molecule has 0 bridgehead atoms. The van der Waals surface area contributed by atoms with Gasteiger partial charge in [-0.05, 0) is 30.7 Å². The zero-order valence-corrected chi connectivity index (χ0v) is 15.0. The first-order valence-corrected chi connectivity index (χ1v) is 8.47. The summed E-state index contributed by atoms with van der Waals surface area (Å²) in [6, 6.07) is 15.2. The fraction of sp³-hybridized carbons (Fsp3) is 0.200. The van der Waals surface area contributed by atoms with E-state index in [1.165, 1.54) is 0 Å². The summed E-state index contributed by atoms with van der Waals surface area (Å²) in [4.78, 5) is 12.5. The number of aryl methyl sites for hydroxylation is 1. The number of carbonyl (C=O) groups excluding carboxylic acids is 1. The Morgan fingerprint density at radius 3 is 2.52 bits per heavy atom. The number of hydrogen-bond acceptors (Lipinski definition) is 4. The van der Waals surface area contributed by atoms with Crippen LogP contribution in [0.15, 0.2) is 54.7 Å². The lowest BCUT2D eigenvalue weighted by Gasteiger charge is -2.12. The molecule has 0 radical (unpaired) electrons. The van der Waals surface area contributed by atoms with Gasteiger partial charge < -0.3 is 14.0 Å². The molecule has 3 aromatic rings. The molecule has 0 atom stereocenters. The number of nitrogens with zero attached hydrogens (tertiary/aromatic N) is 1. The molecule has 0 saturated heterocycles. The number of fused-ring (bicyclic) bond motifs is 1. The predicted octanol–water partition coefficient (Wildman–Crippen LogP) is 4.76. The van der Waals surface area contributed by atoms with Gasteiger partial charge in [0, 0.05) is 23.6 Å². The Kier molecular flexibility index (Phi) is 5.14. The molecule has 0 N–H and O–H groups in total. The van der Waals surface area contributed by atoms with E-state index in [1.54, 1.807) is 13.3 Å². The van der Waals surface area contributed by atoms with Crippen LogP contribution < -0.4 is 4.74 Å². The number of para-hydroxylation sites is 1. The molecule has 5 heteroatoms. The molecule has 0 saturated carbocycles. The van der Waals surface area contributed by atoms with Crippen molar-refractivity contribution in [3.63, 3.8) is 0 Å². The van der Waals surface area contributed by atoms with Crippen LogP contribution in [-0.4, -0.2) is 17.6 Å². The highest BCUT2D eigenvalue weighted by Crippen LogP contribution is 2.20. The molecule has 0 aliphatic rings. The minimum absolute atomic E-state index is 0.191. The highest BCUT2D eigenvalue weighted by atomic mass is 32.1. The summed E-state index contributed by atoms with van der Waals surface area (Å²) in [6.45, 7) is 2.97. The Morgan fingerprint density at radius 2 is 1.84 bits per heavy atom. The zero-order valence-electron chi connectivity index (χ0n) is 14.2. The summed E-state index contributed by atoms with van der Waals surface area (Å²) < 4.78 is 13.1. The topological polar surface area (TPSA) is 40.5 Å². The summed E-state index contributed by atoms with van der Waals surface area (Å²) in [5.41, 5.74) is 2.33. The number of esters is 1. The molecule has 0 aliphatic heterocycles. The molecule has 4 nitrogen and oxygen atoms in total. The Morgan fingerprint density at radius 1 is 1.12 bits per heavy atom. The average Bonchev–Trinajstić information content (AvgIpc) is 2.67. The first-order valence-electron chi connectivity index (χ1n) is 8.06. The van der Waals surface area contributed by atoms with Gasteiger partial charge in [0.25, 0.3) is 0 Å². The molecule has 1 heterocycles. The third kappa shape index (κ3) is 3.56. The standard InChI is InChI=1S/C20H19NO3S/c1-3-21-12-17(19(25)16-6-4-5-7-18(16)21)20(22)24-13-14-8-10-15(23-2)11-9-14/h4-12H,3,13H2,1-2H3. The normalized spacial score (nSPS) is 10.6. The van der Waals surface area contributed by atoms with E-state index in [9.17, 15) is 4.79 Å². The summed E-state index contributed by atoms with van der Waals surface area (Å²) in [5.74, 6) is 0.357. The van der Waals surface area contributed by atoms with Gasteiger partial charge in [0.15, 0.2) is 0 Å². The predicted molar refractivity (Wildman–Crippen MR) is 101 cm³/mol. The van der Waals surface area contributed by atoms with E-state index >= 15 is 0 Å². The third-order valence-corrected chi connectivity index (χ3v) is 4.52. The van der Waals surface area contributed by atoms with Crippen LogP contribution in [0, 0.1) is 4.51 Å². The fourth-order valence-corrected chi connectivity index (χ4v) is 3.01. The van der Waals surface area contributed by atoms with Crippen molar-refractivity contribution in [2.24, 2.45) is 0 Å². The first-order chi connectivity index (χ1) is 12.1. The lowest BCUT2D eigenvalue weighted by molar-refractivity contribution is 0.0471. The van der Waals surface area contributed by atoms with E-state index in [2.05, 4.69) is 0 Å². The number of ether oxygens (including phenoxy) is 2. The highest BCUT2D eigenvalue weighted by Gasteiger charge is 2.14. The van der Waals surface area contributed by atoms with Gasteiger partial charge in [-0.15, -0.1) is 0 Å². The molecular formula is C20H19NO3S. The molecule has 0 fully saturated rings. The summed E-state index contributed by atoms with van der Waals surface area (Å²) in [6.07, 6.45) is 1.78. The zero-order chi connectivity index (χ0) is 17.8. The monoisotopic (exact) mass is 353 g/mol. The van der Waals surface area contributed by atoms with Crippen molar-refractivity contribution in [2.45, 2.75) is 20.1 Å². The van der Waals surface area contributed by atoms with Crippen molar-refractivity contribution in [3.8, 4) is 5.75 Å². The van der Waals surface area contributed by atoms with Gasteiger partial charge in [0.2, 0.25) is 0 Å². The molecule has 2 aromatic carbocycles. The summed E-state index contributed by atoms with van der Waals surface area (Å²) in [7, 11) is 1.61. The second-order valence-corrected chi connectivity index (χ2v) is 6.01. The van der Waals surface area contributed by atoms with Gasteiger partial charge in [-0.1, -0.05) is 42.5 Å². The molecule has 128 valence electrons. The van der Waals surface area contributed by atoms with Gasteiger partial charge in [-0.2, -0.15) is 0 Å². The average molecular weight is 353 g/mol. The summed E-state index contributed by atoms with van der Waals surface area (Å²) >= 11 is 5.51. The Bertz CT molecular complexity index is 961. The van der Waals surface area contributed by atoms with Crippen molar-refractivity contribution >= 4 is 29.1 Å². The third-order valence-electron chi connectivity index (χ3n) is 4.08. The van der Waals surface area contributed by atoms with E-state index in [-0.39, 0.29) is 6.61 Å². The second kappa shape index (κ2) is 7.49. The minimum Gasteiger partial charge on any atom is -0.497 e. The number of pyridine rings is 1. The van der Waals surface area contributed by atoms with Crippen molar-refractivity contribution in [1.29, 1.82) is 0 Å². The first kappa shape index (κ1) is 17.2. The van der Waals surface area contributed by atoms with E-state index in [0.29, 0.717) is 10.1 Å². The molecule has 0 aliphatic carbocycles. The maximum Gasteiger partial charge on any atom is 0.341 e. The number of rotatable bonds is 5. The number of carbonyl (C=O) groups is 1. The lowest BCUT2D eigenvalue weighted by Crippen LogP contribution is -2.10. The van der Waals surface area contributed by atoms with Crippen LogP contribution in [0.3, 0.4) is 0 Å². The molecule has 0 amide bonds. The van der Waals surface area contributed by atoms with Crippen LogP contribution in [0.1, 0.15) is 22.8 Å². The maximum absolute atomic E-state index is 12.5. The van der Waals surface area contributed by atoms with E-state index in [1.807, 2.05) is 60.0 Å². The van der Waals surface area contributed by atoms with Crippen LogP contribution in [-0.2, 0) is 17.9 Å². The number of methoxy groups -OCH3 is 1. The number of hydrogen-bond donors (Lipinski definition) is 0. The van der Waals surface area contributed by atoms with Crippen LogP contribution in [0.4, 0.5) is 0 Å². The Labute approximate surface area is 151 Å². The van der Waals surface area contributed by atoms with Crippen molar-refractivity contribution in [2.75, 3.05) is 7.11 Å². The molecule has 3 rings (SSSR count). The molecule has 0 unspecified atom stereocenters. The highest BCUT2D eigenvalue weighted by molar-refractivity contribution is 7.71. The Hall–Kier alpha value is -2.66. The van der Waals surface area contributed by atoms with Crippen molar-refractivity contribution in [1.82, 2.24) is 4.57 Å². The maximum atomic E-state index is 12.5. The van der Waals surface area contributed by atoms with Gasteiger partial charge in [0.05, 0.1) is 17.2 Å². The molecular weight excluding hydrogens is 334 g/mol. The van der Waals surface area contributed by atoms with E-state index < -0.39 is 5.97 Å². The summed E-state index contributed by atoms with van der Waals surface area (Å²) in [5, 5.41) is 0.887. The van der Waals surface area contributed by atoms with E-state index in [0.717, 1.165) is 28.8 Å². The number of aromatic nitrogens is 1. The number of benzene rings is 2. The van der Waals surface area contributed by atoms with Crippen LogP contribution in [0.2, 0.25) is 0 Å². The molecule has 0 spiro atoms. The van der Waals surface area contributed by atoms with Gasteiger partial charge in [0.1, 0.15) is 12.4 Å². The second-order valence-electron chi connectivity index (χ2n) is 5.60. The lowest BCUT2D eigenvalue weighted by atomic mass is 10.1.